The van der Waals surface area contributed by atoms with Crippen LogP contribution in [0.25, 0.3) is 0 Å². The Bertz CT molecular complexity index is 433. The molecule has 0 radical (unpaired) electrons. The van der Waals surface area contributed by atoms with Crippen LogP contribution < -0.4 is 10.5 Å². The van der Waals surface area contributed by atoms with Gasteiger partial charge in [0.2, 0.25) is 0 Å². The fraction of sp³-hybridized carbons (Fsp3) is 0.600. The van der Waals surface area contributed by atoms with Crippen molar-refractivity contribution in [1.82, 2.24) is 0 Å². The van der Waals surface area contributed by atoms with Gasteiger partial charge in [0.1, 0.15) is 11.4 Å². The van der Waals surface area contributed by atoms with E-state index in [1.54, 1.807) is 0 Å². The third-order valence-electron chi connectivity index (χ3n) is 3.63. The van der Waals surface area contributed by atoms with E-state index in [0.29, 0.717) is 5.92 Å². The summed E-state index contributed by atoms with van der Waals surface area (Å²) >= 11 is 3.49. The van der Waals surface area contributed by atoms with Crippen LogP contribution in [0.2, 0.25) is 0 Å². The van der Waals surface area contributed by atoms with E-state index in [0.717, 1.165) is 28.6 Å². The molecule has 2 nitrogen and oxygen atoms in total. The van der Waals surface area contributed by atoms with E-state index in [4.69, 9.17) is 10.5 Å². The Morgan fingerprint density at radius 1 is 1.50 bits per heavy atom. The Balaban J connectivity index is 2.19. The number of nitrogens with two attached hydrogens (primary N) is 1. The van der Waals surface area contributed by atoms with E-state index in [-0.39, 0.29) is 11.6 Å². The first-order valence-electron chi connectivity index (χ1n) is 6.64. The minimum Gasteiger partial charge on any atom is -0.487 e. The monoisotopic (exact) mass is 311 g/mol. The van der Waals surface area contributed by atoms with Gasteiger partial charge < -0.3 is 10.5 Å². The van der Waals surface area contributed by atoms with Crippen LogP contribution in [0.15, 0.2) is 22.7 Å². The highest BCUT2D eigenvalue weighted by molar-refractivity contribution is 9.10. The number of hydrogen-bond donors (Lipinski definition) is 1. The van der Waals surface area contributed by atoms with E-state index >= 15 is 0 Å². The minimum absolute atomic E-state index is 0.0726. The summed E-state index contributed by atoms with van der Waals surface area (Å²) in [6, 6.07) is 6.18. The summed E-state index contributed by atoms with van der Waals surface area (Å²) in [5, 5.41) is 0. The molecule has 1 aliphatic rings. The van der Waals surface area contributed by atoms with Crippen molar-refractivity contribution in [3.05, 3.63) is 28.2 Å². The van der Waals surface area contributed by atoms with Gasteiger partial charge in [0.25, 0.3) is 0 Å². The zero-order valence-electron chi connectivity index (χ0n) is 11.4. The maximum atomic E-state index is 6.30. The summed E-state index contributed by atoms with van der Waals surface area (Å²) in [6.45, 7) is 6.68. The van der Waals surface area contributed by atoms with Crippen LogP contribution in [-0.4, -0.2) is 5.60 Å². The zero-order valence-corrected chi connectivity index (χ0v) is 13.0. The van der Waals surface area contributed by atoms with Crippen LogP contribution in [0.5, 0.6) is 5.75 Å². The Kier molecular flexibility index (Phi) is 4.02. The molecule has 2 N–H and O–H groups in total. The molecule has 0 spiro atoms. The normalized spacial score (nSPS) is 26.9. The van der Waals surface area contributed by atoms with Crippen molar-refractivity contribution in [3.8, 4) is 5.75 Å². The molecule has 1 aromatic carbocycles. The van der Waals surface area contributed by atoms with Gasteiger partial charge in [-0.05, 0) is 43.9 Å². The fourth-order valence-electron chi connectivity index (χ4n) is 2.53. The van der Waals surface area contributed by atoms with Gasteiger partial charge in [-0.3, -0.25) is 0 Å². The molecule has 1 heterocycles. The highest BCUT2D eigenvalue weighted by Gasteiger charge is 2.35. The first kappa shape index (κ1) is 13.9. The van der Waals surface area contributed by atoms with Crippen molar-refractivity contribution in [2.75, 3.05) is 0 Å². The molecule has 3 heteroatoms. The van der Waals surface area contributed by atoms with E-state index in [1.165, 1.54) is 6.42 Å². The van der Waals surface area contributed by atoms with Crippen molar-refractivity contribution in [2.45, 2.75) is 51.7 Å². The van der Waals surface area contributed by atoms with Crippen LogP contribution in [-0.2, 0) is 0 Å². The van der Waals surface area contributed by atoms with E-state index < -0.39 is 0 Å². The largest absolute Gasteiger partial charge is 0.487 e. The van der Waals surface area contributed by atoms with Crippen molar-refractivity contribution in [3.63, 3.8) is 0 Å². The molecule has 100 valence electrons. The molecule has 0 amide bonds. The molecule has 0 aliphatic carbocycles. The van der Waals surface area contributed by atoms with Gasteiger partial charge >= 0.3 is 0 Å². The Hall–Kier alpha value is -0.540. The standard InChI is InChI=1S/C15H22BrNO/c1-10(2)6-7-15(3)9-13(17)12-8-11(16)4-5-14(12)18-15/h4-5,8,10,13H,6-7,9,17H2,1-3H3. The predicted molar refractivity (Wildman–Crippen MR) is 78.8 cm³/mol. The van der Waals surface area contributed by atoms with Crippen molar-refractivity contribution < 1.29 is 4.74 Å². The Labute approximate surface area is 118 Å². The van der Waals surface area contributed by atoms with Crippen LogP contribution in [0, 0.1) is 5.92 Å². The summed E-state index contributed by atoms with van der Waals surface area (Å²) in [5.41, 5.74) is 7.29. The maximum absolute atomic E-state index is 6.30. The number of hydrogen-bond acceptors (Lipinski definition) is 2. The number of rotatable bonds is 3. The molecule has 0 fully saturated rings. The van der Waals surface area contributed by atoms with Gasteiger partial charge in [-0.1, -0.05) is 29.8 Å². The average Bonchev–Trinajstić information content (AvgIpc) is 2.28. The minimum atomic E-state index is -0.121. The quantitative estimate of drug-likeness (QED) is 0.896. The lowest BCUT2D eigenvalue weighted by Gasteiger charge is -2.39. The molecular formula is C15H22BrNO. The van der Waals surface area contributed by atoms with E-state index in [9.17, 15) is 0 Å². The highest BCUT2D eigenvalue weighted by Crippen LogP contribution is 2.41. The number of halogens is 1. The first-order chi connectivity index (χ1) is 8.39. The van der Waals surface area contributed by atoms with Crippen molar-refractivity contribution in [2.24, 2.45) is 11.7 Å². The second-order valence-electron chi connectivity index (χ2n) is 5.98. The molecule has 2 unspecified atom stereocenters. The third kappa shape index (κ3) is 3.07. The number of fused-ring (bicyclic) bond motifs is 1. The third-order valence-corrected chi connectivity index (χ3v) is 4.12. The fourth-order valence-corrected chi connectivity index (χ4v) is 2.91. The second kappa shape index (κ2) is 5.22. The molecule has 2 rings (SSSR count). The van der Waals surface area contributed by atoms with Gasteiger partial charge in [0.15, 0.2) is 0 Å². The Morgan fingerprint density at radius 2 is 2.22 bits per heavy atom. The molecule has 1 aromatic rings. The molecule has 0 aromatic heterocycles. The van der Waals surface area contributed by atoms with E-state index in [2.05, 4.69) is 42.8 Å². The zero-order chi connectivity index (χ0) is 13.3. The summed E-state index contributed by atoms with van der Waals surface area (Å²) in [7, 11) is 0. The topological polar surface area (TPSA) is 35.2 Å². The summed E-state index contributed by atoms with van der Waals surface area (Å²) < 4.78 is 7.26. The Morgan fingerprint density at radius 3 is 2.89 bits per heavy atom. The molecule has 0 saturated heterocycles. The summed E-state index contributed by atoms with van der Waals surface area (Å²) in [4.78, 5) is 0. The predicted octanol–water partition coefficient (Wildman–Crippen LogP) is 4.43. The van der Waals surface area contributed by atoms with E-state index in [1.807, 2.05) is 12.1 Å². The van der Waals surface area contributed by atoms with Crippen LogP contribution >= 0.6 is 15.9 Å². The smallest absolute Gasteiger partial charge is 0.124 e. The van der Waals surface area contributed by atoms with Gasteiger partial charge in [-0.2, -0.15) is 0 Å². The average molecular weight is 312 g/mol. The molecule has 1 aliphatic heterocycles. The van der Waals surface area contributed by atoms with Crippen LogP contribution in [0.1, 0.15) is 51.6 Å². The lowest BCUT2D eigenvalue weighted by Crippen LogP contribution is -2.40. The molecule has 0 saturated carbocycles. The van der Waals surface area contributed by atoms with Crippen LogP contribution in [0.3, 0.4) is 0 Å². The summed E-state index contributed by atoms with van der Waals surface area (Å²) in [5.74, 6) is 1.65. The second-order valence-corrected chi connectivity index (χ2v) is 6.89. The molecule has 2 atom stereocenters. The van der Waals surface area contributed by atoms with Crippen molar-refractivity contribution in [1.29, 1.82) is 0 Å². The van der Waals surface area contributed by atoms with Gasteiger partial charge in [0, 0.05) is 22.5 Å². The SMILES string of the molecule is CC(C)CCC1(C)CC(N)c2cc(Br)ccc2O1. The highest BCUT2D eigenvalue weighted by atomic mass is 79.9. The van der Waals surface area contributed by atoms with Crippen molar-refractivity contribution >= 4 is 15.9 Å². The maximum Gasteiger partial charge on any atom is 0.124 e. The summed E-state index contributed by atoms with van der Waals surface area (Å²) in [6.07, 6.45) is 3.13. The van der Waals surface area contributed by atoms with Gasteiger partial charge in [-0.15, -0.1) is 0 Å². The van der Waals surface area contributed by atoms with Gasteiger partial charge in [-0.25, -0.2) is 0 Å². The molecule has 18 heavy (non-hydrogen) atoms. The van der Waals surface area contributed by atoms with Crippen LogP contribution in [0.4, 0.5) is 0 Å². The lowest BCUT2D eigenvalue weighted by atomic mass is 9.84. The molecule has 0 bridgehead atoms. The first-order valence-corrected chi connectivity index (χ1v) is 7.43. The lowest BCUT2D eigenvalue weighted by molar-refractivity contribution is 0.0404. The molecular weight excluding hydrogens is 290 g/mol. The number of ether oxygens (including phenoxy) is 1. The van der Waals surface area contributed by atoms with Gasteiger partial charge in [0.05, 0.1) is 0 Å². The number of benzene rings is 1.